The van der Waals surface area contributed by atoms with Crippen LogP contribution in [0.4, 0.5) is 4.79 Å². The van der Waals surface area contributed by atoms with Gasteiger partial charge in [-0.25, -0.2) is 4.79 Å². The molecule has 1 aromatic rings. The first kappa shape index (κ1) is 18.5. The minimum Gasteiger partial charge on any atom is -0.444 e. The summed E-state index contributed by atoms with van der Waals surface area (Å²) in [5, 5.41) is 2.92. The van der Waals surface area contributed by atoms with Crippen LogP contribution in [-0.4, -0.2) is 18.2 Å². The van der Waals surface area contributed by atoms with Crippen LogP contribution >= 0.6 is 0 Å². The molecule has 0 aliphatic rings. The highest BCUT2D eigenvalue weighted by atomic mass is 16.6. The van der Waals surface area contributed by atoms with Gasteiger partial charge in [-0.3, -0.25) is 0 Å². The lowest BCUT2D eigenvalue weighted by Gasteiger charge is -2.22. The van der Waals surface area contributed by atoms with E-state index >= 15 is 0 Å². The van der Waals surface area contributed by atoms with Crippen LogP contribution in [0.5, 0.6) is 0 Å². The van der Waals surface area contributed by atoms with Crippen molar-refractivity contribution < 1.29 is 9.53 Å². The molecule has 0 saturated heterocycles. The molecular weight excluding hydrogens is 274 g/mol. The lowest BCUT2D eigenvalue weighted by atomic mass is 9.93. The average molecular weight is 305 g/mol. The van der Waals surface area contributed by atoms with Gasteiger partial charge in [0.25, 0.3) is 0 Å². The fourth-order valence-corrected chi connectivity index (χ4v) is 2.45. The first-order chi connectivity index (χ1) is 10.4. The van der Waals surface area contributed by atoms with E-state index in [2.05, 4.69) is 36.5 Å². The van der Waals surface area contributed by atoms with Crippen molar-refractivity contribution >= 4 is 6.09 Å². The van der Waals surface area contributed by atoms with E-state index in [1.54, 1.807) is 0 Å². The monoisotopic (exact) mass is 305 g/mol. The van der Waals surface area contributed by atoms with Crippen LogP contribution in [0.3, 0.4) is 0 Å². The van der Waals surface area contributed by atoms with Crippen molar-refractivity contribution in [2.24, 2.45) is 0 Å². The molecule has 0 heterocycles. The van der Waals surface area contributed by atoms with Crippen LogP contribution in [0, 0.1) is 0 Å². The Balaban J connectivity index is 2.53. The third-order valence-electron chi connectivity index (χ3n) is 3.57. The Labute approximate surface area is 135 Å². The van der Waals surface area contributed by atoms with Crippen molar-refractivity contribution in [2.75, 3.05) is 6.54 Å². The summed E-state index contributed by atoms with van der Waals surface area (Å²) in [7, 11) is 0. The molecule has 3 heteroatoms. The van der Waals surface area contributed by atoms with Crippen molar-refractivity contribution in [3.05, 3.63) is 35.9 Å². The largest absolute Gasteiger partial charge is 0.444 e. The smallest absolute Gasteiger partial charge is 0.407 e. The molecule has 0 aliphatic carbocycles. The Morgan fingerprint density at radius 1 is 1.14 bits per heavy atom. The number of benzene rings is 1. The van der Waals surface area contributed by atoms with Crippen LogP contribution in [0.1, 0.15) is 71.3 Å². The number of unbranched alkanes of at least 4 members (excludes halogenated alkanes) is 3. The quantitative estimate of drug-likeness (QED) is 0.665. The molecule has 1 N–H and O–H groups in total. The fourth-order valence-electron chi connectivity index (χ4n) is 2.45. The number of amides is 1. The zero-order chi connectivity index (χ0) is 16.4. The van der Waals surface area contributed by atoms with E-state index in [-0.39, 0.29) is 6.09 Å². The molecular formula is C19H31NO2. The van der Waals surface area contributed by atoms with Gasteiger partial charge in [-0.15, -0.1) is 0 Å². The molecule has 0 fully saturated rings. The summed E-state index contributed by atoms with van der Waals surface area (Å²) in [4.78, 5) is 11.8. The molecule has 0 bridgehead atoms. The SMILES string of the molecule is CCCCCCC(CNC(=O)OC(C)(C)C)c1ccccc1. The first-order valence-corrected chi connectivity index (χ1v) is 8.44. The second kappa shape index (κ2) is 9.50. The standard InChI is InChI=1S/C19H31NO2/c1-5-6-7-9-14-17(16-12-10-8-11-13-16)15-20-18(21)22-19(2,3)4/h8,10-13,17H,5-7,9,14-15H2,1-4H3,(H,20,21). The van der Waals surface area contributed by atoms with Crippen molar-refractivity contribution in [3.8, 4) is 0 Å². The third kappa shape index (κ3) is 8.06. The Morgan fingerprint density at radius 2 is 1.82 bits per heavy atom. The van der Waals surface area contributed by atoms with Gasteiger partial charge in [0.15, 0.2) is 0 Å². The lowest BCUT2D eigenvalue weighted by Crippen LogP contribution is -2.34. The Bertz CT molecular complexity index is 423. The van der Waals surface area contributed by atoms with Gasteiger partial charge in [-0.05, 0) is 32.8 Å². The number of alkyl carbamates (subject to hydrolysis) is 1. The average Bonchev–Trinajstić information content (AvgIpc) is 2.45. The molecule has 1 amide bonds. The predicted molar refractivity (Wildman–Crippen MR) is 92.2 cm³/mol. The molecule has 0 radical (unpaired) electrons. The first-order valence-electron chi connectivity index (χ1n) is 8.44. The van der Waals surface area contributed by atoms with Gasteiger partial charge in [0, 0.05) is 12.5 Å². The van der Waals surface area contributed by atoms with E-state index in [1.807, 2.05) is 26.8 Å². The second-order valence-corrected chi connectivity index (χ2v) is 6.84. The van der Waals surface area contributed by atoms with Gasteiger partial charge in [-0.1, -0.05) is 62.9 Å². The van der Waals surface area contributed by atoms with Crippen LogP contribution in [0.15, 0.2) is 30.3 Å². The van der Waals surface area contributed by atoms with Crippen LogP contribution in [-0.2, 0) is 4.74 Å². The molecule has 1 atom stereocenters. The number of carbonyl (C=O) groups excluding carboxylic acids is 1. The number of hydrogen-bond acceptors (Lipinski definition) is 2. The van der Waals surface area contributed by atoms with Crippen molar-refractivity contribution in [1.82, 2.24) is 5.32 Å². The van der Waals surface area contributed by atoms with Gasteiger partial charge in [0.2, 0.25) is 0 Å². The van der Waals surface area contributed by atoms with Crippen LogP contribution in [0.25, 0.3) is 0 Å². The van der Waals surface area contributed by atoms with Gasteiger partial charge in [-0.2, -0.15) is 0 Å². The summed E-state index contributed by atoms with van der Waals surface area (Å²) in [5.74, 6) is 0.352. The lowest BCUT2D eigenvalue weighted by molar-refractivity contribution is 0.0524. The van der Waals surface area contributed by atoms with Crippen molar-refractivity contribution in [2.45, 2.75) is 71.3 Å². The summed E-state index contributed by atoms with van der Waals surface area (Å²) in [5.41, 5.74) is 0.836. The Kier molecular flexibility index (Phi) is 8.00. The maximum atomic E-state index is 11.8. The van der Waals surface area contributed by atoms with Gasteiger partial charge in [0.1, 0.15) is 5.60 Å². The van der Waals surface area contributed by atoms with E-state index in [0.29, 0.717) is 12.5 Å². The minimum absolute atomic E-state index is 0.331. The van der Waals surface area contributed by atoms with E-state index in [4.69, 9.17) is 4.74 Å². The van der Waals surface area contributed by atoms with E-state index in [0.717, 1.165) is 6.42 Å². The molecule has 0 spiro atoms. The maximum absolute atomic E-state index is 11.8. The van der Waals surface area contributed by atoms with Gasteiger partial charge >= 0.3 is 6.09 Å². The summed E-state index contributed by atoms with van der Waals surface area (Å²) in [6.07, 6.45) is 5.74. The number of hydrogen-bond donors (Lipinski definition) is 1. The summed E-state index contributed by atoms with van der Waals surface area (Å²) < 4.78 is 5.32. The zero-order valence-corrected chi connectivity index (χ0v) is 14.5. The predicted octanol–water partition coefficient (Wildman–Crippen LogP) is 5.27. The number of ether oxygens (including phenoxy) is 1. The van der Waals surface area contributed by atoms with Crippen molar-refractivity contribution in [3.63, 3.8) is 0 Å². The Hall–Kier alpha value is -1.51. The molecule has 0 saturated carbocycles. The van der Waals surface area contributed by atoms with E-state index in [9.17, 15) is 4.79 Å². The number of carbonyl (C=O) groups is 1. The topological polar surface area (TPSA) is 38.3 Å². The third-order valence-corrected chi connectivity index (χ3v) is 3.57. The second-order valence-electron chi connectivity index (χ2n) is 6.84. The highest BCUT2D eigenvalue weighted by Crippen LogP contribution is 2.22. The Morgan fingerprint density at radius 3 is 2.41 bits per heavy atom. The fraction of sp³-hybridized carbons (Fsp3) is 0.632. The maximum Gasteiger partial charge on any atom is 0.407 e. The molecule has 124 valence electrons. The molecule has 1 aromatic carbocycles. The molecule has 1 unspecified atom stereocenters. The molecule has 3 nitrogen and oxygen atoms in total. The van der Waals surface area contributed by atoms with E-state index in [1.165, 1.54) is 31.2 Å². The summed E-state index contributed by atoms with van der Waals surface area (Å²) in [6.45, 7) is 8.49. The van der Waals surface area contributed by atoms with Gasteiger partial charge < -0.3 is 10.1 Å². The summed E-state index contributed by atoms with van der Waals surface area (Å²) in [6, 6.07) is 10.4. The van der Waals surface area contributed by atoms with Crippen LogP contribution in [0.2, 0.25) is 0 Å². The summed E-state index contributed by atoms with van der Waals surface area (Å²) >= 11 is 0. The van der Waals surface area contributed by atoms with Crippen LogP contribution < -0.4 is 5.32 Å². The van der Waals surface area contributed by atoms with E-state index < -0.39 is 5.60 Å². The molecule has 1 rings (SSSR count). The molecule has 22 heavy (non-hydrogen) atoms. The van der Waals surface area contributed by atoms with Gasteiger partial charge in [0.05, 0.1) is 0 Å². The zero-order valence-electron chi connectivity index (χ0n) is 14.5. The number of nitrogens with one attached hydrogen (secondary N) is 1. The number of rotatable bonds is 8. The molecule has 0 aromatic heterocycles. The van der Waals surface area contributed by atoms with Crippen molar-refractivity contribution in [1.29, 1.82) is 0 Å². The normalized spacial score (nSPS) is 12.7. The highest BCUT2D eigenvalue weighted by Gasteiger charge is 2.18. The highest BCUT2D eigenvalue weighted by molar-refractivity contribution is 5.67. The molecule has 0 aliphatic heterocycles. The minimum atomic E-state index is -0.451.